The summed E-state index contributed by atoms with van der Waals surface area (Å²) in [5, 5.41) is 0.309. The number of benzene rings is 3. The molecule has 216 valence electrons. The normalized spacial score (nSPS) is 17.7. The lowest BCUT2D eigenvalue weighted by molar-refractivity contribution is -0.144. The van der Waals surface area contributed by atoms with Gasteiger partial charge in [0.1, 0.15) is 5.82 Å². The van der Waals surface area contributed by atoms with E-state index in [9.17, 15) is 17.6 Å². The van der Waals surface area contributed by atoms with Gasteiger partial charge in [0.05, 0.1) is 47.0 Å². The van der Waals surface area contributed by atoms with Gasteiger partial charge in [0, 0.05) is 25.2 Å². The maximum Gasteiger partial charge on any atom is 0.320 e. The van der Waals surface area contributed by atoms with E-state index in [1.54, 1.807) is 44.2 Å². The van der Waals surface area contributed by atoms with E-state index < -0.39 is 15.8 Å². The van der Waals surface area contributed by atoms with Crippen LogP contribution in [0.1, 0.15) is 30.5 Å². The Labute approximate surface area is 245 Å². The number of nitrogens with zero attached hydrogens (tertiary/aromatic N) is 3. The minimum atomic E-state index is -3.91. The van der Waals surface area contributed by atoms with Gasteiger partial charge in [0.2, 0.25) is 0 Å². The van der Waals surface area contributed by atoms with E-state index >= 15 is 0 Å². The van der Waals surface area contributed by atoms with Crippen molar-refractivity contribution in [3.63, 3.8) is 0 Å². The second-order valence-electron chi connectivity index (χ2n) is 10.4. The maximum atomic E-state index is 14.6. The lowest BCUT2D eigenvalue weighted by Gasteiger charge is -2.49. The lowest BCUT2D eigenvalue weighted by atomic mass is 10.0. The van der Waals surface area contributed by atoms with Gasteiger partial charge in [-0.05, 0) is 73.9 Å². The highest BCUT2D eigenvalue weighted by Crippen LogP contribution is 2.41. The number of carbonyl (C=O) groups excluding carboxylic acids is 1. The van der Waals surface area contributed by atoms with Crippen molar-refractivity contribution in [2.75, 3.05) is 48.5 Å². The van der Waals surface area contributed by atoms with Crippen LogP contribution in [-0.2, 0) is 19.6 Å². The Bertz CT molecular complexity index is 1590. The molecule has 7 nitrogen and oxygen atoms in total. The van der Waals surface area contributed by atoms with Crippen molar-refractivity contribution in [3.05, 3.63) is 88.2 Å². The highest BCUT2D eigenvalue weighted by Gasteiger charge is 2.40. The van der Waals surface area contributed by atoms with E-state index in [2.05, 4.69) is 4.90 Å². The number of rotatable bonds is 7. The van der Waals surface area contributed by atoms with Crippen LogP contribution in [0, 0.1) is 12.7 Å². The number of piperazine rings is 1. The number of esters is 1. The molecule has 10 heteroatoms. The Morgan fingerprint density at radius 3 is 2.59 bits per heavy atom. The van der Waals surface area contributed by atoms with Crippen LogP contribution < -0.4 is 9.21 Å². The van der Waals surface area contributed by atoms with Crippen LogP contribution in [0.15, 0.2) is 65.6 Å². The van der Waals surface area contributed by atoms with Gasteiger partial charge >= 0.3 is 5.97 Å². The lowest BCUT2D eigenvalue weighted by Crippen LogP contribution is -2.61. The van der Waals surface area contributed by atoms with Crippen molar-refractivity contribution in [2.45, 2.75) is 31.7 Å². The highest BCUT2D eigenvalue weighted by atomic mass is 35.5. The average Bonchev–Trinajstić information content (AvgIpc) is 2.92. The van der Waals surface area contributed by atoms with Crippen molar-refractivity contribution in [1.29, 1.82) is 0 Å². The number of sulfonamides is 1. The van der Waals surface area contributed by atoms with Crippen molar-refractivity contribution in [1.82, 2.24) is 4.90 Å². The van der Waals surface area contributed by atoms with Crippen LogP contribution in [0.4, 0.5) is 15.8 Å². The van der Waals surface area contributed by atoms with Crippen molar-refractivity contribution in [3.8, 4) is 0 Å². The number of allylic oxidation sites excluding steroid dienone is 1. The Balaban J connectivity index is 1.56. The summed E-state index contributed by atoms with van der Waals surface area (Å²) in [5.74, 6) is -0.709. The van der Waals surface area contributed by atoms with Crippen LogP contribution in [0.3, 0.4) is 0 Å². The number of hydrogen-bond acceptors (Lipinski definition) is 6. The van der Waals surface area contributed by atoms with E-state index in [-0.39, 0.29) is 30.0 Å². The topological polar surface area (TPSA) is 70.2 Å². The number of carbonyl (C=O) groups is 1. The summed E-state index contributed by atoms with van der Waals surface area (Å²) >= 11 is 6.30. The van der Waals surface area contributed by atoms with E-state index in [1.165, 1.54) is 10.4 Å². The van der Waals surface area contributed by atoms with Gasteiger partial charge in [-0.3, -0.25) is 14.0 Å². The minimum Gasteiger partial charge on any atom is -0.465 e. The molecule has 0 aliphatic carbocycles. The SMILES string of the molecule is CCOC(=O)CN1CCN2c3ccc(/C=C(\C)c4c(F)cccc4Cl)cc3N(S(=O)(=O)c3cccc(C)c3)C[C@@H]2C1. The van der Waals surface area contributed by atoms with Gasteiger partial charge in [0.15, 0.2) is 0 Å². The molecule has 2 aliphatic heterocycles. The third-order valence-corrected chi connectivity index (χ3v) is 9.59. The molecule has 0 radical (unpaired) electrons. The fraction of sp³-hybridized carbons (Fsp3) is 0.323. The quantitative estimate of drug-likeness (QED) is 0.260. The summed E-state index contributed by atoms with van der Waals surface area (Å²) in [6, 6.07) is 16.9. The smallest absolute Gasteiger partial charge is 0.320 e. The molecular weight excluding hydrogens is 565 g/mol. The Morgan fingerprint density at radius 1 is 1.07 bits per heavy atom. The molecule has 3 aromatic rings. The van der Waals surface area contributed by atoms with Gasteiger partial charge in [-0.1, -0.05) is 41.9 Å². The van der Waals surface area contributed by atoms with Crippen molar-refractivity contribution in [2.24, 2.45) is 0 Å². The fourth-order valence-electron chi connectivity index (χ4n) is 5.62. The Kier molecular flexibility index (Phi) is 8.40. The number of halogens is 2. The third-order valence-electron chi connectivity index (χ3n) is 7.50. The molecule has 0 amide bonds. The summed E-state index contributed by atoms with van der Waals surface area (Å²) < 4.78 is 49.4. The summed E-state index contributed by atoms with van der Waals surface area (Å²) in [7, 11) is -3.91. The van der Waals surface area contributed by atoms with Gasteiger partial charge in [-0.15, -0.1) is 0 Å². The molecule has 1 saturated heterocycles. The molecule has 0 unspecified atom stereocenters. The van der Waals surface area contributed by atoms with E-state index in [4.69, 9.17) is 16.3 Å². The third kappa shape index (κ3) is 5.98. The molecule has 2 aliphatic rings. The molecule has 3 aromatic carbocycles. The molecule has 5 rings (SSSR count). The van der Waals surface area contributed by atoms with Crippen LogP contribution in [-0.4, -0.2) is 64.7 Å². The van der Waals surface area contributed by atoms with Crippen LogP contribution in [0.25, 0.3) is 11.6 Å². The zero-order valence-corrected chi connectivity index (χ0v) is 24.9. The summed E-state index contributed by atoms with van der Waals surface area (Å²) in [6.07, 6.45) is 1.81. The molecular formula is C31H33ClFN3O4S. The Hall–Kier alpha value is -3.40. The first-order valence-corrected chi connectivity index (χ1v) is 15.4. The van der Waals surface area contributed by atoms with Crippen molar-refractivity contribution < 1.29 is 22.3 Å². The summed E-state index contributed by atoms with van der Waals surface area (Å²) in [5.41, 5.74) is 3.87. The molecule has 1 fully saturated rings. The second-order valence-corrected chi connectivity index (χ2v) is 12.7. The van der Waals surface area contributed by atoms with Gasteiger partial charge in [-0.2, -0.15) is 0 Å². The van der Waals surface area contributed by atoms with Crippen LogP contribution in [0.5, 0.6) is 0 Å². The Morgan fingerprint density at radius 2 is 1.85 bits per heavy atom. The summed E-state index contributed by atoms with van der Waals surface area (Å²) in [4.78, 5) is 16.6. The number of ether oxygens (including phenoxy) is 1. The zero-order chi connectivity index (χ0) is 29.3. The zero-order valence-electron chi connectivity index (χ0n) is 23.3. The molecule has 41 heavy (non-hydrogen) atoms. The standard InChI is InChI=1S/C31H33ClFN3O4S/c1-4-40-30(37)20-34-13-14-35-24(18-34)19-36(41(38,39)25-8-5-7-21(2)15-25)29-17-23(11-12-28(29)35)16-22(3)31-26(32)9-6-10-27(31)33/h5-12,15-17,24H,4,13-14,18-20H2,1-3H3/b22-16+/t24-/m0/s1. The van der Waals surface area contributed by atoms with E-state index in [0.29, 0.717) is 48.1 Å². The molecule has 0 bridgehead atoms. The number of aryl methyl sites for hydroxylation is 1. The number of fused-ring (bicyclic) bond motifs is 3. The first kappa shape index (κ1) is 29.1. The second kappa shape index (κ2) is 11.8. The molecule has 0 spiro atoms. The largest absolute Gasteiger partial charge is 0.465 e. The number of hydrogen-bond donors (Lipinski definition) is 0. The molecule has 2 heterocycles. The van der Waals surface area contributed by atoms with E-state index in [0.717, 1.165) is 16.8 Å². The predicted octanol–water partition coefficient (Wildman–Crippen LogP) is 5.61. The molecule has 0 N–H and O–H groups in total. The van der Waals surface area contributed by atoms with Crippen LogP contribution >= 0.6 is 11.6 Å². The summed E-state index contributed by atoms with van der Waals surface area (Å²) in [6.45, 7) is 7.91. The first-order chi connectivity index (χ1) is 19.6. The predicted molar refractivity (Wildman–Crippen MR) is 161 cm³/mol. The highest BCUT2D eigenvalue weighted by molar-refractivity contribution is 7.92. The van der Waals surface area contributed by atoms with Crippen LogP contribution in [0.2, 0.25) is 5.02 Å². The van der Waals surface area contributed by atoms with Gasteiger partial charge < -0.3 is 9.64 Å². The number of anilines is 2. The van der Waals surface area contributed by atoms with Gasteiger partial charge in [0.25, 0.3) is 10.0 Å². The van der Waals surface area contributed by atoms with Crippen molar-refractivity contribution >= 4 is 50.6 Å². The minimum absolute atomic E-state index is 0.161. The monoisotopic (exact) mass is 597 g/mol. The average molecular weight is 598 g/mol. The molecule has 0 saturated carbocycles. The maximum absolute atomic E-state index is 14.6. The van der Waals surface area contributed by atoms with Gasteiger partial charge in [-0.25, -0.2) is 12.8 Å². The molecule has 1 atom stereocenters. The first-order valence-electron chi connectivity index (χ1n) is 13.6. The fourth-order valence-corrected chi connectivity index (χ4v) is 7.54. The molecule has 0 aromatic heterocycles. The van der Waals surface area contributed by atoms with E-state index in [1.807, 2.05) is 42.2 Å².